The smallest absolute Gasteiger partial charge is 0.412 e. The Morgan fingerprint density at radius 1 is 1.02 bits per heavy atom. The number of amides is 2. The van der Waals surface area contributed by atoms with E-state index >= 15 is 0 Å². The molecule has 15 nitrogen and oxygen atoms in total. The molecular weight excluding hydrogens is 654 g/mol. The van der Waals surface area contributed by atoms with Gasteiger partial charge in [0.1, 0.15) is 17.5 Å². The number of carboxylic acids is 1. The Morgan fingerprint density at radius 3 is 2.35 bits per heavy atom. The summed E-state index contributed by atoms with van der Waals surface area (Å²) in [5.41, 5.74) is 3.17. The maximum absolute atomic E-state index is 13.4. The number of carboxylic acid groups (broad SMARTS) is 1. The van der Waals surface area contributed by atoms with E-state index < -0.39 is 22.2 Å². The van der Waals surface area contributed by atoms with Crippen LogP contribution in [0.2, 0.25) is 0 Å². The van der Waals surface area contributed by atoms with Gasteiger partial charge < -0.3 is 19.7 Å². The molecule has 49 heavy (non-hydrogen) atoms. The van der Waals surface area contributed by atoms with Gasteiger partial charge in [-0.15, -0.1) is 0 Å². The molecule has 2 heterocycles. The number of aromatic nitrogens is 3. The summed E-state index contributed by atoms with van der Waals surface area (Å²) in [5.74, 6) is -0.302. The van der Waals surface area contributed by atoms with Gasteiger partial charge in [-0.2, -0.15) is 8.42 Å². The van der Waals surface area contributed by atoms with Crippen molar-refractivity contribution in [1.82, 2.24) is 19.9 Å². The number of amidine groups is 1. The quantitative estimate of drug-likeness (QED) is 0.0520. The van der Waals surface area contributed by atoms with Crippen molar-refractivity contribution in [3.63, 3.8) is 0 Å². The van der Waals surface area contributed by atoms with E-state index in [0.29, 0.717) is 41.9 Å². The highest BCUT2D eigenvalue weighted by Crippen LogP contribution is 2.21. The molecule has 0 saturated heterocycles. The van der Waals surface area contributed by atoms with Crippen molar-refractivity contribution in [3.8, 4) is 0 Å². The van der Waals surface area contributed by atoms with E-state index in [1.807, 2.05) is 29.8 Å². The number of aliphatic carboxylic acids is 1. The lowest BCUT2D eigenvalue weighted by Gasteiger charge is -2.21. The molecule has 0 bridgehead atoms. The third-order valence-corrected chi connectivity index (χ3v) is 7.02. The number of hydrogen-bond donors (Lipinski definition) is 5. The Kier molecular flexibility index (Phi) is 14.2. The van der Waals surface area contributed by atoms with Gasteiger partial charge in [-0.05, 0) is 61.0 Å². The highest BCUT2D eigenvalue weighted by molar-refractivity contribution is 7.85. The Morgan fingerprint density at radius 2 is 1.71 bits per heavy atom. The predicted octanol–water partition coefficient (Wildman–Crippen LogP) is 4.84. The van der Waals surface area contributed by atoms with Crippen LogP contribution in [0, 0.1) is 5.41 Å². The first-order valence-electron chi connectivity index (χ1n) is 15.5. The molecule has 0 aliphatic carbocycles. The summed E-state index contributed by atoms with van der Waals surface area (Å²) in [6.45, 7) is 2.83. The molecule has 4 aromatic rings. The molecule has 0 spiro atoms. The van der Waals surface area contributed by atoms with Crippen LogP contribution in [0.15, 0.2) is 66.9 Å². The van der Waals surface area contributed by atoms with Crippen LogP contribution in [-0.2, 0) is 33.2 Å². The van der Waals surface area contributed by atoms with Crippen LogP contribution < -0.4 is 15.5 Å². The van der Waals surface area contributed by atoms with E-state index in [1.54, 1.807) is 48.7 Å². The van der Waals surface area contributed by atoms with E-state index in [-0.39, 0.29) is 24.7 Å². The molecule has 4 rings (SSSR count). The molecule has 0 atom stereocenters. The Balaban J connectivity index is 0.00000121. The number of alkyl carbamates (subject to hydrolysis) is 1. The van der Waals surface area contributed by atoms with Crippen LogP contribution in [0.1, 0.15) is 60.8 Å². The fourth-order valence-corrected chi connectivity index (χ4v) is 4.58. The van der Waals surface area contributed by atoms with Crippen molar-refractivity contribution in [1.29, 1.82) is 5.41 Å². The summed E-state index contributed by atoms with van der Waals surface area (Å²) in [4.78, 5) is 46.9. The summed E-state index contributed by atoms with van der Waals surface area (Å²) in [6, 6.07) is 17.4. The number of nitrogens with zero attached hydrogens (tertiary/aromatic N) is 4. The molecule has 5 N–H and O–H groups in total. The van der Waals surface area contributed by atoms with Crippen molar-refractivity contribution in [2.45, 2.75) is 45.6 Å². The molecule has 262 valence electrons. The van der Waals surface area contributed by atoms with Crippen molar-refractivity contribution in [2.75, 3.05) is 29.6 Å². The lowest BCUT2D eigenvalue weighted by Crippen LogP contribution is -2.33. The van der Waals surface area contributed by atoms with Crippen molar-refractivity contribution < 1.29 is 37.2 Å². The molecule has 0 aliphatic heterocycles. The fraction of sp³-hybridized carbons (Fsp3) is 0.333. The molecular formula is C33H41N7O8S. The number of ether oxygens (including phenoxy) is 1. The van der Waals surface area contributed by atoms with Gasteiger partial charge in [0.15, 0.2) is 0 Å². The van der Waals surface area contributed by atoms with Crippen molar-refractivity contribution >= 4 is 56.5 Å². The number of rotatable bonds is 14. The van der Waals surface area contributed by atoms with Gasteiger partial charge in [0.25, 0.3) is 16.0 Å². The zero-order chi connectivity index (χ0) is 36.0. The highest BCUT2D eigenvalue weighted by Gasteiger charge is 2.21. The number of nitrogens with one attached hydrogen (secondary N) is 3. The van der Waals surface area contributed by atoms with Crippen LogP contribution in [0.25, 0.3) is 11.0 Å². The van der Waals surface area contributed by atoms with E-state index in [4.69, 9.17) is 19.7 Å². The SMILES string of the molecule is CCCCCCOC(=O)NC(=N)c1ccc(NCc2nc3cc(C(=O)N(CCC(=O)O)c4ccccn4)ccc3n2C)cc1.CS(=O)(=O)O. The summed E-state index contributed by atoms with van der Waals surface area (Å²) in [6.07, 6.45) is 5.44. The standard InChI is InChI=1S/C32H37N7O5.CH4O3S/c1-3-4-5-8-19-44-32(43)37-30(33)22-10-13-24(14-11-22)35-21-28-36-25-20-23(12-15-26(25)38(28)2)31(42)39(18-16-29(40)41)27-9-6-7-17-34-27;1-5(2,3)4/h6-7,9-15,17,20,35H,3-5,8,16,18-19,21H2,1-2H3,(H,40,41)(H2,33,37,43);1H3,(H,2,3,4). The summed E-state index contributed by atoms with van der Waals surface area (Å²) in [5, 5.41) is 23.1. The second-order valence-electron chi connectivity index (χ2n) is 10.9. The molecule has 0 saturated carbocycles. The van der Waals surface area contributed by atoms with Crippen LogP contribution in [0.5, 0.6) is 0 Å². The van der Waals surface area contributed by atoms with E-state index in [0.717, 1.165) is 42.7 Å². The minimum absolute atomic E-state index is 0.0157. The molecule has 0 unspecified atom stereocenters. The topological polar surface area (TPSA) is 217 Å². The number of aryl methyl sites for hydroxylation is 1. The average molecular weight is 696 g/mol. The second kappa shape index (κ2) is 18.3. The number of fused-ring (bicyclic) bond motifs is 1. The van der Waals surface area contributed by atoms with Crippen molar-refractivity contribution in [3.05, 3.63) is 83.8 Å². The van der Waals surface area contributed by atoms with E-state index in [1.165, 1.54) is 4.90 Å². The van der Waals surface area contributed by atoms with Gasteiger partial charge in [-0.25, -0.2) is 14.8 Å². The molecule has 0 radical (unpaired) electrons. The van der Waals surface area contributed by atoms with Gasteiger partial charge in [-0.1, -0.05) is 32.3 Å². The highest BCUT2D eigenvalue weighted by atomic mass is 32.2. The normalized spacial score (nSPS) is 10.9. The number of pyridine rings is 1. The van der Waals surface area contributed by atoms with Crippen LogP contribution >= 0.6 is 0 Å². The summed E-state index contributed by atoms with van der Waals surface area (Å²) in [7, 11) is -1.78. The minimum Gasteiger partial charge on any atom is -0.481 e. The number of hydrogen-bond acceptors (Lipinski definition) is 10. The third kappa shape index (κ3) is 12.6. The fourth-order valence-electron chi connectivity index (χ4n) is 4.58. The van der Waals surface area contributed by atoms with Crippen LogP contribution in [-0.4, -0.2) is 75.8 Å². The lowest BCUT2D eigenvalue weighted by molar-refractivity contribution is -0.136. The molecule has 16 heteroatoms. The summed E-state index contributed by atoms with van der Waals surface area (Å²) >= 11 is 0. The maximum Gasteiger partial charge on any atom is 0.412 e. The number of unbranched alkanes of at least 4 members (excludes halogenated alkanes) is 3. The largest absolute Gasteiger partial charge is 0.481 e. The van der Waals surface area contributed by atoms with Gasteiger partial charge in [-0.3, -0.25) is 29.8 Å². The van der Waals surface area contributed by atoms with E-state index in [9.17, 15) is 27.9 Å². The van der Waals surface area contributed by atoms with Gasteiger partial charge in [0.05, 0.1) is 36.9 Å². The Bertz CT molecular complexity index is 1840. The first-order valence-corrected chi connectivity index (χ1v) is 17.3. The van der Waals surface area contributed by atoms with Gasteiger partial charge in [0, 0.05) is 36.6 Å². The minimum atomic E-state index is -3.67. The molecule has 0 aliphatic rings. The lowest BCUT2D eigenvalue weighted by atomic mass is 10.1. The second-order valence-corrected chi connectivity index (χ2v) is 12.4. The number of carbonyl (C=O) groups is 3. The monoisotopic (exact) mass is 695 g/mol. The van der Waals surface area contributed by atoms with E-state index in [2.05, 4.69) is 22.5 Å². The molecule has 2 aromatic carbocycles. The average Bonchev–Trinajstić information content (AvgIpc) is 3.37. The maximum atomic E-state index is 13.4. The first-order chi connectivity index (χ1) is 23.3. The Hall–Kier alpha value is -5.35. The molecule has 2 aromatic heterocycles. The molecule has 2 amide bonds. The Labute approximate surface area is 284 Å². The number of imidazole rings is 1. The zero-order valence-corrected chi connectivity index (χ0v) is 28.4. The molecule has 0 fully saturated rings. The van der Waals surface area contributed by atoms with Crippen molar-refractivity contribution in [2.24, 2.45) is 7.05 Å². The zero-order valence-electron chi connectivity index (χ0n) is 27.5. The van der Waals surface area contributed by atoms with Gasteiger partial charge >= 0.3 is 12.1 Å². The first kappa shape index (κ1) is 38.1. The number of carbonyl (C=O) groups excluding carboxylic acids is 2. The van der Waals surface area contributed by atoms with Crippen LogP contribution in [0.4, 0.5) is 16.3 Å². The number of anilines is 2. The van der Waals surface area contributed by atoms with Crippen LogP contribution in [0.3, 0.4) is 0 Å². The third-order valence-electron chi connectivity index (χ3n) is 7.02. The predicted molar refractivity (Wildman–Crippen MR) is 186 cm³/mol. The van der Waals surface area contributed by atoms with Gasteiger partial charge in [0.2, 0.25) is 0 Å². The summed E-state index contributed by atoms with van der Waals surface area (Å²) < 4.78 is 32.9. The number of benzene rings is 2.